The van der Waals surface area contributed by atoms with Crippen LogP contribution in [0.25, 0.3) is 11.1 Å². The number of fused-ring (bicyclic) bond motifs is 3. The van der Waals surface area contributed by atoms with Crippen molar-refractivity contribution < 1.29 is 0 Å². The summed E-state index contributed by atoms with van der Waals surface area (Å²) in [6.07, 6.45) is 2.72. The second kappa shape index (κ2) is 7.37. The summed E-state index contributed by atoms with van der Waals surface area (Å²) in [7, 11) is 0. The van der Waals surface area contributed by atoms with E-state index in [2.05, 4.69) is 66.7 Å². The molecule has 0 fully saturated rings. The molecule has 1 unspecified atom stereocenters. The van der Waals surface area contributed by atoms with E-state index in [1.165, 1.54) is 16.7 Å². The van der Waals surface area contributed by atoms with Gasteiger partial charge in [-0.1, -0.05) is 78.9 Å². The Morgan fingerprint density at radius 1 is 0.731 bits per heavy atom. The number of aliphatic imine (C=N–C) groups is 1. The predicted molar refractivity (Wildman–Crippen MR) is 106 cm³/mol. The molecule has 0 saturated carbocycles. The summed E-state index contributed by atoms with van der Waals surface area (Å²) in [5.41, 5.74) is 6.97. The molecule has 3 aromatic carbocycles. The van der Waals surface area contributed by atoms with E-state index < -0.39 is 0 Å². The molecule has 0 saturated heterocycles. The van der Waals surface area contributed by atoms with Crippen LogP contribution in [0.2, 0.25) is 0 Å². The molecule has 0 radical (unpaired) electrons. The highest BCUT2D eigenvalue weighted by molar-refractivity contribution is 6.24. The molecule has 0 aliphatic heterocycles. The predicted octanol–water partition coefficient (Wildman–Crippen LogP) is 5.42. The summed E-state index contributed by atoms with van der Waals surface area (Å²) >= 11 is 0. The van der Waals surface area contributed by atoms with Gasteiger partial charge in [0, 0.05) is 11.1 Å². The SMILES string of the molecule is N#CC(CCCc1ccccc1)N=C1c2ccccc2-c2ccccc21. The van der Waals surface area contributed by atoms with Gasteiger partial charge in [-0.25, -0.2) is 0 Å². The van der Waals surface area contributed by atoms with Crippen LogP contribution in [0.1, 0.15) is 29.5 Å². The third-order valence-corrected chi connectivity index (χ3v) is 4.87. The normalized spacial score (nSPS) is 12.8. The Balaban J connectivity index is 1.57. The van der Waals surface area contributed by atoms with Crippen LogP contribution in [-0.2, 0) is 6.42 Å². The molecule has 1 atom stereocenters. The van der Waals surface area contributed by atoms with Crippen LogP contribution in [0, 0.1) is 11.3 Å². The van der Waals surface area contributed by atoms with Gasteiger partial charge in [0.25, 0.3) is 0 Å². The fourth-order valence-electron chi connectivity index (χ4n) is 3.59. The zero-order chi connectivity index (χ0) is 17.8. The molecule has 0 amide bonds. The summed E-state index contributed by atoms with van der Waals surface area (Å²) in [4.78, 5) is 4.86. The van der Waals surface area contributed by atoms with E-state index in [-0.39, 0.29) is 6.04 Å². The van der Waals surface area contributed by atoms with Crippen LogP contribution in [0.5, 0.6) is 0 Å². The van der Waals surface area contributed by atoms with Gasteiger partial charge in [0.2, 0.25) is 0 Å². The number of nitrogens with zero attached hydrogens (tertiary/aromatic N) is 2. The maximum Gasteiger partial charge on any atom is 0.137 e. The molecule has 26 heavy (non-hydrogen) atoms. The van der Waals surface area contributed by atoms with Crippen LogP contribution in [0.15, 0.2) is 83.9 Å². The van der Waals surface area contributed by atoms with Gasteiger partial charge in [0.1, 0.15) is 6.04 Å². The fraction of sp³-hybridized carbons (Fsp3) is 0.167. The highest BCUT2D eigenvalue weighted by atomic mass is 14.8. The van der Waals surface area contributed by atoms with Gasteiger partial charge in [0.15, 0.2) is 0 Å². The maximum absolute atomic E-state index is 9.62. The molecular weight excluding hydrogens is 316 g/mol. The van der Waals surface area contributed by atoms with Crippen molar-refractivity contribution in [3.63, 3.8) is 0 Å². The Morgan fingerprint density at radius 3 is 1.85 bits per heavy atom. The van der Waals surface area contributed by atoms with Crippen LogP contribution in [0.4, 0.5) is 0 Å². The van der Waals surface area contributed by atoms with Gasteiger partial charge >= 0.3 is 0 Å². The average molecular weight is 336 g/mol. The molecule has 0 N–H and O–H groups in total. The average Bonchev–Trinajstić information content (AvgIpc) is 3.02. The van der Waals surface area contributed by atoms with Gasteiger partial charge in [-0.2, -0.15) is 5.26 Å². The topological polar surface area (TPSA) is 36.1 Å². The van der Waals surface area contributed by atoms with Crippen molar-refractivity contribution in [1.29, 1.82) is 5.26 Å². The lowest BCUT2D eigenvalue weighted by molar-refractivity contribution is 0.676. The second-order valence-electron chi connectivity index (χ2n) is 6.59. The molecule has 0 bridgehead atoms. The molecule has 3 aromatic rings. The van der Waals surface area contributed by atoms with Crippen molar-refractivity contribution >= 4 is 5.71 Å². The van der Waals surface area contributed by atoms with Crippen LogP contribution in [0.3, 0.4) is 0 Å². The zero-order valence-corrected chi connectivity index (χ0v) is 14.6. The fourth-order valence-corrected chi connectivity index (χ4v) is 3.59. The molecule has 0 aromatic heterocycles. The third kappa shape index (κ3) is 3.17. The second-order valence-corrected chi connectivity index (χ2v) is 6.59. The highest BCUT2D eigenvalue weighted by Crippen LogP contribution is 2.36. The van der Waals surface area contributed by atoms with Crippen LogP contribution in [-0.4, -0.2) is 11.8 Å². The first-order valence-corrected chi connectivity index (χ1v) is 9.07. The van der Waals surface area contributed by atoms with E-state index in [0.29, 0.717) is 0 Å². The quantitative estimate of drug-likeness (QED) is 0.479. The summed E-state index contributed by atoms with van der Waals surface area (Å²) in [5.74, 6) is 0. The largest absolute Gasteiger partial charge is 0.266 e. The molecule has 1 aliphatic rings. The molecule has 0 spiro atoms. The van der Waals surface area contributed by atoms with Crippen LogP contribution >= 0.6 is 0 Å². The summed E-state index contributed by atoms with van der Waals surface area (Å²) in [5, 5.41) is 9.62. The van der Waals surface area contributed by atoms with E-state index in [1.807, 2.05) is 18.2 Å². The molecular formula is C24H20N2. The monoisotopic (exact) mass is 336 g/mol. The van der Waals surface area contributed by atoms with Crippen molar-refractivity contribution in [3.05, 3.63) is 95.6 Å². The number of benzene rings is 3. The number of rotatable bonds is 5. The van der Waals surface area contributed by atoms with E-state index >= 15 is 0 Å². The number of hydrogen-bond acceptors (Lipinski definition) is 2. The molecule has 2 heteroatoms. The first-order chi connectivity index (χ1) is 12.9. The van der Waals surface area contributed by atoms with Crippen molar-refractivity contribution in [3.8, 4) is 17.2 Å². The standard InChI is InChI=1S/C24H20N2/c25-17-19(12-8-11-18-9-2-1-3-10-18)26-24-22-15-6-4-13-20(22)21-14-5-7-16-23(21)24/h1-7,9-10,13-16,19H,8,11-12H2. The van der Waals surface area contributed by atoms with E-state index in [4.69, 9.17) is 4.99 Å². The minimum atomic E-state index is -0.312. The van der Waals surface area contributed by atoms with E-state index in [1.54, 1.807) is 0 Å². The number of nitriles is 1. The van der Waals surface area contributed by atoms with Crippen molar-refractivity contribution in [1.82, 2.24) is 0 Å². The van der Waals surface area contributed by atoms with Gasteiger partial charge < -0.3 is 0 Å². The minimum Gasteiger partial charge on any atom is -0.266 e. The molecule has 1 aliphatic carbocycles. The Hall–Kier alpha value is -3.18. The van der Waals surface area contributed by atoms with Gasteiger partial charge in [-0.3, -0.25) is 4.99 Å². The maximum atomic E-state index is 9.62. The van der Waals surface area contributed by atoms with E-state index in [0.717, 1.165) is 36.1 Å². The summed E-state index contributed by atoms with van der Waals surface area (Å²) in [6, 6.07) is 29.2. The molecule has 0 heterocycles. The zero-order valence-electron chi connectivity index (χ0n) is 14.6. The Labute approximate surface area is 154 Å². The first kappa shape index (κ1) is 16.3. The van der Waals surface area contributed by atoms with Crippen LogP contribution < -0.4 is 0 Å². The van der Waals surface area contributed by atoms with Crippen molar-refractivity contribution in [2.75, 3.05) is 0 Å². The van der Waals surface area contributed by atoms with E-state index in [9.17, 15) is 5.26 Å². The molecule has 2 nitrogen and oxygen atoms in total. The van der Waals surface area contributed by atoms with Gasteiger partial charge in [-0.15, -0.1) is 0 Å². The molecule has 4 rings (SSSR count). The Morgan fingerprint density at radius 2 is 1.27 bits per heavy atom. The highest BCUT2D eigenvalue weighted by Gasteiger charge is 2.24. The first-order valence-electron chi connectivity index (χ1n) is 9.07. The minimum absolute atomic E-state index is 0.312. The Kier molecular flexibility index (Phi) is 4.62. The Bertz CT molecular complexity index is 933. The molecule has 126 valence electrons. The number of aryl methyl sites for hydroxylation is 1. The third-order valence-electron chi connectivity index (χ3n) is 4.87. The lowest BCUT2D eigenvalue weighted by atomic mass is 10.0. The summed E-state index contributed by atoms with van der Waals surface area (Å²) in [6.45, 7) is 0. The van der Waals surface area contributed by atoms with Crippen molar-refractivity contribution in [2.24, 2.45) is 4.99 Å². The van der Waals surface area contributed by atoms with Gasteiger partial charge in [-0.05, 0) is 36.0 Å². The number of hydrogen-bond donors (Lipinski definition) is 0. The van der Waals surface area contributed by atoms with Gasteiger partial charge in [0.05, 0.1) is 11.8 Å². The summed E-state index contributed by atoms with van der Waals surface area (Å²) < 4.78 is 0. The smallest absolute Gasteiger partial charge is 0.137 e. The lowest BCUT2D eigenvalue weighted by Gasteiger charge is -2.08. The van der Waals surface area contributed by atoms with Crippen molar-refractivity contribution in [2.45, 2.75) is 25.3 Å². The lowest BCUT2D eigenvalue weighted by Crippen LogP contribution is -2.08.